The Morgan fingerprint density at radius 2 is 1.48 bits per heavy atom. The van der Waals surface area contributed by atoms with Crippen molar-refractivity contribution < 1.29 is 9.59 Å². The van der Waals surface area contributed by atoms with Crippen molar-refractivity contribution in [1.29, 1.82) is 0 Å². The standard InChI is InChI=1S/C19H14BrN3O2S2/c20-13-5-3-12(4-6-13)17(24)21-14-7-9-15(10-8-14)22-19(26)23-18(25)16-2-1-11-27-16/h1-11H,(H,21,24)(H2,22,23,25,26). The molecule has 8 heteroatoms. The smallest absolute Gasteiger partial charge is 0.267 e. The first-order valence-corrected chi connectivity index (χ1v) is 9.92. The van der Waals surface area contributed by atoms with Gasteiger partial charge in [-0.25, -0.2) is 0 Å². The molecule has 0 aliphatic carbocycles. The Bertz CT molecular complexity index is 956. The molecule has 0 aliphatic heterocycles. The van der Waals surface area contributed by atoms with Gasteiger partial charge in [0.25, 0.3) is 11.8 Å². The quantitative estimate of drug-likeness (QED) is 0.485. The van der Waals surface area contributed by atoms with Gasteiger partial charge in [0.2, 0.25) is 0 Å². The van der Waals surface area contributed by atoms with E-state index in [0.717, 1.165) is 4.47 Å². The highest BCUT2D eigenvalue weighted by atomic mass is 79.9. The average Bonchev–Trinajstić information content (AvgIpc) is 3.18. The molecule has 0 saturated heterocycles. The molecule has 2 amide bonds. The molecule has 0 radical (unpaired) electrons. The molecule has 0 atom stereocenters. The van der Waals surface area contributed by atoms with Crippen molar-refractivity contribution in [3.8, 4) is 0 Å². The number of hydrogen-bond acceptors (Lipinski definition) is 4. The van der Waals surface area contributed by atoms with Crippen molar-refractivity contribution in [3.05, 3.63) is 81.0 Å². The highest BCUT2D eigenvalue weighted by Gasteiger charge is 2.09. The number of thiophene rings is 1. The minimum absolute atomic E-state index is 0.193. The molecule has 2 aromatic carbocycles. The summed E-state index contributed by atoms with van der Waals surface area (Å²) in [4.78, 5) is 24.8. The van der Waals surface area contributed by atoms with Crippen LogP contribution in [0, 0.1) is 0 Å². The van der Waals surface area contributed by atoms with Gasteiger partial charge in [0, 0.05) is 21.4 Å². The third-order valence-corrected chi connectivity index (χ3v) is 5.08. The first-order valence-electron chi connectivity index (χ1n) is 7.84. The van der Waals surface area contributed by atoms with Crippen LogP contribution in [0.1, 0.15) is 20.0 Å². The summed E-state index contributed by atoms with van der Waals surface area (Å²) in [6.07, 6.45) is 0. The van der Waals surface area contributed by atoms with E-state index in [-0.39, 0.29) is 16.9 Å². The molecule has 0 bridgehead atoms. The summed E-state index contributed by atoms with van der Waals surface area (Å²) in [6.45, 7) is 0. The zero-order valence-electron chi connectivity index (χ0n) is 13.9. The second-order valence-electron chi connectivity index (χ2n) is 5.42. The number of nitrogens with one attached hydrogen (secondary N) is 3. The Morgan fingerprint density at radius 3 is 2.07 bits per heavy atom. The maximum absolute atomic E-state index is 12.2. The summed E-state index contributed by atoms with van der Waals surface area (Å²) in [5.74, 6) is -0.442. The monoisotopic (exact) mass is 459 g/mol. The minimum Gasteiger partial charge on any atom is -0.332 e. The maximum Gasteiger partial charge on any atom is 0.267 e. The minimum atomic E-state index is -0.249. The zero-order valence-corrected chi connectivity index (χ0v) is 17.1. The number of carbonyl (C=O) groups excluding carboxylic acids is 2. The fraction of sp³-hybridized carbons (Fsp3) is 0. The van der Waals surface area contributed by atoms with Crippen LogP contribution >= 0.6 is 39.5 Å². The lowest BCUT2D eigenvalue weighted by molar-refractivity contribution is 0.0980. The Kier molecular flexibility index (Phi) is 6.33. The Labute approximate surface area is 173 Å². The lowest BCUT2D eigenvalue weighted by Crippen LogP contribution is -2.33. The molecular formula is C19H14BrN3O2S2. The summed E-state index contributed by atoms with van der Waals surface area (Å²) >= 11 is 9.83. The van der Waals surface area contributed by atoms with E-state index in [9.17, 15) is 9.59 Å². The second-order valence-corrected chi connectivity index (χ2v) is 7.70. The van der Waals surface area contributed by atoms with Gasteiger partial charge < -0.3 is 10.6 Å². The fourth-order valence-electron chi connectivity index (χ4n) is 2.18. The summed E-state index contributed by atoms with van der Waals surface area (Å²) < 4.78 is 0.914. The van der Waals surface area contributed by atoms with Crippen LogP contribution in [-0.2, 0) is 0 Å². The average molecular weight is 460 g/mol. The Morgan fingerprint density at radius 1 is 0.852 bits per heavy atom. The highest BCUT2D eigenvalue weighted by molar-refractivity contribution is 9.10. The van der Waals surface area contributed by atoms with E-state index in [1.54, 1.807) is 48.5 Å². The van der Waals surface area contributed by atoms with Gasteiger partial charge in [-0.15, -0.1) is 11.3 Å². The van der Waals surface area contributed by atoms with Crippen molar-refractivity contribution in [2.75, 3.05) is 10.6 Å². The van der Waals surface area contributed by atoms with Crippen LogP contribution in [0.3, 0.4) is 0 Å². The summed E-state index contributed by atoms with van der Waals surface area (Å²) in [7, 11) is 0. The zero-order chi connectivity index (χ0) is 19.2. The molecule has 1 heterocycles. The number of halogens is 1. The van der Waals surface area contributed by atoms with Gasteiger partial charge in [-0.2, -0.15) is 0 Å². The largest absolute Gasteiger partial charge is 0.332 e. The van der Waals surface area contributed by atoms with E-state index < -0.39 is 0 Å². The number of thiocarbonyl (C=S) groups is 1. The number of rotatable bonds is 4. The molecule has 5 nitrogen and oxygen atoms in total. The molecule has 0 fully saturated rings. The predicted molar refractivity (Wildman–Crippen MR) is 117 cm³/mol. The van der Waals surface area contributed by atoms with Crippen LogP contribution in [0.25, 0.3) is 0 Å². The van der Waals surface area contributed by atoms with Gasteiger partial charge in [0.15, 0.2) is 5.11 Å². The van der Waals surface area contributed by atoms with Gasteiger partial charge in [-0.3, -0.25) is 14.9 Å². The topological polar surface area (TPSA) is 70.2 Å². The van der Waals surface area contributed by atoms with E-state index in [0.29, 0.717) is 21.8 Å². The summed E-state index contributed by atoms with van der Waals surface area (Å²) in [5.41, 5.74) is 1.92. The van der Waals surface area contributed by atoms with Gasteiger partial charge >= 0.3 is 0 Å². The van der Waals surface area contributed by atoms with E-state index in [1.165, 1.54) is 11.3 Å². The van der Waals surface area contributed by atoms with Crippen LogP contribution in [0.4, 0.5) is 11.4 Å². The third-order valence-electron chi connectivity index (χ3n) is 3.48. The maximum atomic E-state index is 12.2. The summed E-state index contributed by atoms with van der Waals surface area (Å²) in [6, 6.07) is 17.7. The first kappa shape index (κ1) is 19.2. The van der Waals surface area contributed by atoms with Crippen LogP contribution in [0.2, 0.25) is 0 Å². The molecule has 3 N–H and O–H groups in total. The molecular weight excluding hydrogens is 446 g/mol. The molecule has 3 rings (SSSR count). The van der Waals surface area contributed by atoms with Crippen molar-refractivity contribution in [2.45, 2.75) is 0 Å². The third kappa shape index (κ3) is 5.46. The Balaban J connectivity index is 1.55. The second kappa shape index (κ2) is 8.90. The first-order chi connectivity index (χ1) is 13.0. The van der Waals surface area contributed by atoms with Gasteiger partial charge in [0.05, 0.1) is 4.88 Å². The van der Waals surface area contributed by atoms with Crippen molar-refractivity contribution >= 4 is 67.8 Å². The molecule has 0 unspecified atom stereocenters. The number of anilines is 2. The van der Waals surface area contributed by atoms with Crippen LogP contribution in [-0.4, -0.2) is 16.9 Å². The van der Waals surface area contributed by atoms with Crippen molar-refractivity contribution in [3.63, 3.8) is 0 Å². The van der Waals surface area contributed by atoms with E-state index >= 15 is 0 Å². The molecule has 0 spiro atoms. The van der Waals surface area contributed by atoms with Crippen LogP contribution in [0.15, 0.2) is 70.5 Å². The van der Waals surface area contributed by atoms with Gasteiger partial charge in [0.1, 0.15) is 0 Å². The van der Waals surface area contributed by atoms with E-state index in [1.807, 2.05) is 17.5 Å². The van der Waals surface area contributed by atoms with E-state index in [4.69, 9.17) is 12.2 Å². The SMILES string of the molecule is O=C(Nc1ccc(NC(=S)NC(=O)c2cccs2)cc1)c1ccc(Br)cc1. The summed E-state index contributed by atoms with van der Waals surface area (Å²) in [5, 5.41) is 10.4. The molecule has 27 heavy (non-hydrogen) atoms. The Hall–Kier alpha value is -2.55. The molecule has 3 aromatic rings. The highest BCUT2D eigenvalue weighted by Crippen LogP contribution is 2.16. The number of carbonyl (C=O) groups is 2. The molecule has 136 valence electrons. The normalized spacial score (nSPS) is 10.1. The fourth-order valence-corrected chi connectivity index (χ4v) is 3.27. The lowest BCUT2D eigenvalue weighted by Gasteiger charge is -2.10. The van der Waals surface area contributed by atoms with Gasteiger partial charge in [-0.05, 0) is 72.2 Å². The number of amides is 2. The predicted octanol–water partition coefficient (Wildman–Crippen LogP) is 4.89. The van der Waals surface area contributed by atoms with Crippen molar-refractivity contribution in [2.24, 2.45) is 0 Å². The van der Waals surface area contributed by atoms with Gasteiger partial charge in [-0.1, -0.05) is 22.0 Å². The number of benzene rings is 2. The molecule has 0 saturated carbocycles. The molecule has 0 aliphatic rings. The van der Waals surface area contributed by atoms with Crippen LogP contribution in [0.5, 0.6) is 0 Å². The molecule has 1 aromatic heterocycles. The lowest BCUT2D eigenvalue weighted by atomic mass is 10.2. The van der Waals surface area contributed by atoms with E-state index in [2.05, 4.69) is 31.9 Å². The number of hydrogen-bond donors (Lipinski definition) is 3. The van der Waals surface area contributed by atoms with Crippen molar-refractivity contribution in [1.82, 2.24) is 5.32 Å². The van der Waals surface area contributed by atoms with Crippen LogP contribution < -0.4 is 16.0 Å².